The molecule has 1 aliphatic rings. The van der Waals surface area contributed by atoms with Crippen molar-refractivity contribution in [3.63, 3.8) is 0 Å². The third-order valence-corrected chi connectivity index (χ3v) is 3.61. The lowest BCUT2D eigenvalue weighted by Crippen LogP contribution is -2.44. The van der Waals surface area contributed by atoms with Crippen LogP contribution in [0.25, 0.3) is 0 Å². The third-order valence-electron chi connectivity index (χ3n) is 3.61. The highest BCUT2D eigenvalue weighted by Gasteiger charge is 2.36. The Balaban J connectivity index is 1.87. The molecule has 0 bridgehead atoms. The van der Waals surface area contributed by atoms with Gasteiger partial charge in [-0.1, -0.05) is 6.92 Å². The average Bonchev–Trinajstić information content (AvgIpc) is 2.90. The monoisotopic (exact) mass is 294 g/mol. The van der Waals surface area contributed by atoms with Crippen molar-refractivity contribution in [2.45, 2.75) is 58.1 Å². The number of rotatable bonds is 5. The molecule has 1 amide bonds. The Kier molecular flexibility index (Phi) is 4.61. The van der Waals surface area contributed by atoms with E-state index in [9.17, 15) is 4.79 Å². The number of hydrogen-bond donors (Lipinski definition) is 2. The maximum Gasteiger partial charge on any atom is 0.407 e. The van der Waals surface area contributed by atoms with Gasteiger partial charge in [-0.2, -0.15) is 0 Å². The molecule has 1 aliphatic carbocycles. The van der Waals surface area contributed by atoms with Crippen LogP contribution in [0.2, 0.25) is 0 Å². The lowest BCUT2D eigenvalue weighted by Gasteiger charge is -2.22. The second kappa shape index (κ2) is 6.10. The fourth-order valence-electron chi connectivity index (χ4n) is 2.33. The van der Waals surface area contributed by atoms with E-state index in [4.69, 9.17) is 14.9 Å². The van der Waals surface area contributed by atoms with Crippen molar-refractivity contribution in [2.75, 3.05) is 6.54 Å². The first-order valence-electron chi connectivity index (χ1n) is 7.56. The summed E-state index contributed by atoms with van der Waals surface area (Å²) in [5.74, 6) is 3.18. The van der Waals surface area contributed by atoms with Crippen molar-refractivity contribution in [2.24, 2.45) is 11.7 Å². The summed E-state index contributed by atoms with van der Waals surface area (Å²) in [4.78, 5) is 11.8. The van der Waals surface area contributed by atoms with E-state index in [1.165, 1.54) is 6.42 Å². The van der Waals surface area contributed by atoms with Gasteiger partial charge in [-0.15, -0.1) is 0 Å². The summed E-state index contributed by atoms with van der Waals surface area (Å²) >= 11 is 0. The molecule has 5 nitrogen and oxygen atoms in total. The van der Waals surface area contributed by atoms with Crippen molar-refractivity contribution in [3.8, 4) is 0 Å². The van der Waals surface area contributed by atoms with Gasteiger partial charge < -0.3 is 20.2 Å². The van der Waals surface area contributed by atoms with E-state index in [-0.39, 0.29) is 6.04 Å². The average molecular weight is 294 g/mol. The maximum absolute atomic E-state index is 11.8. The molecule has 3 N–H and O–H groups in total. The van der Waals surface area contributed by atoms with E-state index in [0.717, 1.165) is 11.5 Å². The SMILES string of the molecule is CC1CC1c1ccc(CC(CN)NC(=O)OC(C)(C)C)o1. The first-order chi connectivity index (χ1) is 9.78. The van der Waals surface area contributed by atoms with Crippen LogP contribution < -0.4 is 11.1 Å². The molecule has 5 heteroatoms. The lowest BCUT2D eigenvalue weighted by atomic mass is 10.1. The molecule has 2 rings (SSSR count). The van der Waals surface area contributed by atoms with Crippen molar-refractivity contribution < 1.29 is 13.9 Å². The van der Waals surface area contributed by atoms with Gasteiger partial charge in [0, 0.05) is 18.9 Å². The Morgan fingerprint density at radius 3 is 2.71 bits per heavy atom. The van der Waals surface area contributed by atoms with Gasteiger partial charge in [0.2, 0.25) is 0 Å². The maximum atomic E-state index is 11.8. The standard InChI is InChI=1S/C16H26N2O3/c1-10-7-13(10)14-6-5-12(20-14)8-11(9-17)18-15(19)21-16(2,3)4/h5-6,10-11,13H,7-9,17H2,1-4H3,(H,18,19). The number of alkyl carbamates (subject to hydrolysis) is 1. The van der Waals surface area contributed by atoms with Crippen LogP contribution in [0.1, 0.15) is 51.6 Å². The van der Waals surface area contributed by atoms with Gasteiger partial charge in [0.1, 0.15) is 17.1 Å². The van der Waals surface area contributed by atoms with Gasteiger partial charge in [0.05, 0.1) is 6.04 Å². The normalized spacial score (nSPS) is 22.7. The lowest BCUT2D eigenvalue weighted by molar-refractivity contribution is 0.0505. The Morgan fingerprint density at radius 2 is 2.19 bits per heavy atom. The summed E-state index contributed by atoms with van der Waals surface area (Å²) in [7, 11) is 0. The Bertz CT molecular complexity index is 490. The zero-order valence-corrected chi connectivity index (χ0v) is 13.3. The van der Waals surface area contributed by atoms with Crippen LogP contribution in [0.5, 0.6) is 0 Å². The highest BCUT2D eigenvalue weighted by atomic mass is 16.6. The number of carbonyl (C=O) groups is 1. The number of nitrogens with two attached hydrogens (primary N) is 1. The first kappa shape index (κ1) is 15.9. The summed E-state index contributed by atoms with van der Waals surface area (Å²) in [6, 6.07) is 3.82. The van der Waals surface area contributed by atoms with Crippen LogP contribution in [-0.4, -0.2) is 24.3 Å². The smallest absolute Gasteiger partial charge is 0.407 e. The van der Waals surface area contributed by atoms with Crippen LogP contribution in [-0.2, 0) is 11.2 Å². The summed E-state index contributed by atoms with van der Waals surface area (Å²) in [5.41, 5.74) is 5.21. The minimum absolute atomic E-state index is 0.185. The van der Waals surface area contributed by atoms with Crippen molar-refractivity contribution in [1.29, 1.82) is 0 Å². The minimum atomic E-state index is -0.511. The van der Waals surface area contributed by atoms with Crippen molar-refractivity contribution >= 4 is 6.09 Å². The van der Waals surface area contributed by atoms with Gasteiger partial charge in [-0.25, -0.2) is 4.79 Å². The fourth-order valence-corrected chi connectivity index (χ4v) is 2.33. The molecule has 118 valence electrons. The van der Waals surface area contributed by atoms with E-state index in [0.29, 0.717) is 24.8 Å². The molecule has 0 radical (unpaired) electrons. The van der Waals surface area contributed by atoms with Gasteiger partial charge in [0.25, 0.3) is 0 Å². The molecule has 21 heavy (non-hydrogen) atoms. The van der Waals surface area contributed by atoms with E-state index in [1.54, 1.807) is 0 Å². The Morgan fingerprint density at radius 1 is 1.52 bits per heavy atom. The second-order valence-corrected chi connectivity index (χ2v) is 6.91. The number of furan rings is 1. The summed E-state index contributed by atoms with van der Waals surface area (Å²) < 4.78 is 11.1. The van der Waals surface area contributed by atoms with Gasteiger partial charge >= 0.3 is 6.09 Å². The molecule has 1 heterocycles. The molecule has 0 spiro atoms. The molecule has 0 aromatic carbocycles. The number of ether oxygens (including phenoxy) is 1. The zero-order valence-electron chi connectivity index (χ0n) is 13.3. The predicted octanol–water partition coefficient (Wildman–Crippen LogP) is 2.80. The highest BCUT2D eigenvalue weighted by Crippen LogP contribution is 2.47. The van der Waals surface area contributed by atoms with Gasteiger partial charge in [0.15, 0.2) is 0 Å². The van der Waals surface area contributed by atoms with Crippen molar-refractivity contribution in [3.05, 3.63) is 23.7 Å². The molecule has 1 aromatic rings. The first-order valence-corrected chi connectivity index (χ1v) is 7.56. The largest absolute Gasteiger partial charge is 0.466 e. The number of hydrogen-bond acceptors (Lipinski definition) is 4. The summed E-state index contributed by atoms with van der Waals surface area (Å²) in [6.45, 7) is 8.06. The van der Waals surface area contributed by atoms with Crippen LogP contribution in [0, 0.1) is 5.92 Å². The second-order valence-electron chi connectivity index (χ2n) is 6.91. The fraction of sp³-hybridized carbons (Fsp3) is 0.688. The number of carbonyl (C=O) groups excluding carboxylic acids is 1. The van der Waals surface area contributed by atoms with Crippen molar-refractivity contribution in [1.82, 2.24) is 5.32 Å². The highest BCUT2D eigenvalue weighted by molar-refractivity contribution is 5.68. The molecule has 1 fully saturated rings. The summed E-state index contributed by atoms with van der Waals surface area (Å²) in [6.07, 6.45) is 1.33. The molecule has 0 aliphatic heterocycles. The van der Waals surface area contributed by atoms with E-state index in [1.807, 2.05) is 32.9 Å². The quantitative estimate of drug-likeness (QED) is 0.875. The van der Waals surface area contributed by atoms with E-state index >= 15 is 0 Å². The molecular weight excluding hydrogens is 268 g/mol. The Labute approximate surface area is 126 Å². The van der Waals surface area contributed by atoms with Crippen LogP contribution >= 0.6 is 0 Å². The molecule has 1 saturated carbocycles. The van der Waals surface area contributed by atoms with Crippen LogP contribution in [0.3, 0.4) is 0 Å². The summed E-state index contributed by atoms with van der Waals surface area (Å²) in [5, 5.41) is 2.79. The predicted molar refractivity (Wildman–Crippen MR) is 81.1 cm³/mol. The third kappa shape index (κ3) is 4.77. The molecular formula is C16H26N2O3. The van der Waals surface area contributed by atoms with E-state index < -0.39 is 11.7 Å². The van der Waals surface area contributed by atoms with Crippen LogP contribution in [0.4, 0.5) is 4.79 Å². The Hall–Kier alpha value is -1.49. The van der Waals surface area contributed by atoms with Gasteiger partial charge in [-0.05, 0) is 45.2 Å². The molecule has 3 atom stereocenters. The van der Waals surface area contributed by atoms with Crippen LogP contribution in [0.15, 0.2) is 16.5 Å². The number of amides is 1. The molecule has 0 saturated heterocycles. The molecule has 1 aromatic heterocycles. The zero-order chi connectivity index (χ0) is 15.6. The topological polar surface area (TPSA) is 77.5 Å². The van der Waals surface area contributed by atoms with E-state index in [2.05, 4.69) is 12.2 Å². The molecule has 3 unspecified atom stereocenters. The minimum Gasteiger partial charge on any atom is -0.466 e. The number of nitrogens with one attached hydrogen (secondary N) is 1. The van der Waals surface area contributed by atoms with Gasteiger partial charge in [-0.3, -0.25) is 0 Å².